The molecular weight excluding hydrogens is 464 g/mol. The number of hydrogen-bond donors (Lipinski definition) is 0. The maximum atomic E-state index is 11.3. The molecule has 7 heteroatoms. The second-order valence-electron chi connectivity index (χ2n) is 8.79. The van der Waals surface area contributed by atoms with E-state index in [1.54, 1.807) is 20.8 Å². The number of halogens is 1. The van der Waals surface area contributed by atoms with Crippen LogP contribution in [0.3, 0.4) is 0 Å². The molecule has 0 aromatic heterocycles. The summed E-state index contributed by atoms with van der Waals surface area (Å²) in [4.78, 5) is 46.9. The molecule has 2 aliphatic rings. The van der Waals surface area contributed by atoms with E-state index in [0.29, 0.717) is 0 Å². The number of amides is 2. The van der Waals surface area contributed by atoms with Crippen molar-refractivity contribution in [3.8, 4) is 0 Å². The van der Waals surface area contributed by atoms with Crippen molar-refractivity contribution < 1.29 is 19.2 Å². The highest BCUT2D eigenvalue weighted by molar-refractivity contribution is 6.62. The number of fused-ring (bicyclic) bond motifs is 2. The minimum Gasteiger partial charge on any atom is -0.342 e. The lowest BCUT2D eigenvalue weighted by Gasteiger charge is -2.17. The van der Waals surface area contributed by atoms with E-state index in [0.717, 1.165) is 57.4 Å². The van der Waals surface area contributed by atoms with Crippen molar-refractivity contribution >= 4 is 34.4 Å². The van der Waals surface area contributed by atoms with E-state index >= 15 is 0 Å². The third-order valence-electron chi connectivity index (χ3n) is 6.23. The van der Waals surface area contributed by atoms with Crippen molar-refractivity contribution in [2.75, 3.05) is 26.2 Å². The molecule has 4 rings (SSSR count). The summed E-state index contributed by atoms with van der Waals surface area (Å²) in [6, 6.07) is 14.4. The average Bonchev–Trinajstić information content (AvgIpc) is 3.15. The van der Waals surface area contributed by atoms with Crippen LogP contribution in [0.5, 0.6) is 0 Å². The second-order valence-corrected chi connectivity index (χ2v) is 9.32. The van der Waals surface area contributed by atoms with E-state index in [1.807, 2.05) is 28.0 Å². The zero-order valence-corrected chi connectivity index (χ0v) is 21.9. The predicted molar refractivity (Wildman–Crippen MR) is 139 cm³/mol. The molecule has 2 aromatic carbocycles. The average molecular weight is 499 g/mol. The van der Waals surface area contributed by atoms with Gasteiger partial charge in [-0.25, -0.2) is 0 Å². The van der Waals surface area contributed by atoms with Crippen molar-refractivity contribution in [1.29, 1.82) is 0 Å². The van der Waals surface area contributed by atoms with Crippen LogP contribution in [-0.2, 0) is 40.1 Å². The molecule has 2 aromatic rings. The molecule has 0 fully saturated rings. The highest BCUT2D eigenvalue weighted by Gasteiger charge is 2.16. The summed E-state index contributed by atoms with van der Waals surface area (Å²) < 4.78 is 0. The maximum absolute atomic E-state index is 11.3. The smallest absolute Gasteiger partial charge is 0.219 e. The lowest BCUT2D eigenvalue weighted by Crippen LogP contribution is -2.30. The van der Waals surface area contributed by atoms with Gasteiger partial charge >= 0.3 is 0 Å². The number of hydrogen-bond acceptors (Lipinski definition) is 4. The summed E-state index contributed by atoms with van der Waals surface area (Å²) in [5, 5.41) is -0.361. The van der Waals surface area contributed by atoms with E-state index in [-0.39, 0.29) is 22.8 Å². The molecule has 0 unspecified atom stereocenters. The molecule has 35 heavy (non-hydrogen) atoms. The first-order valence-electron chi connectivity index (χ1n) is 11.9. The van der Waals surface area contributed by atoms with Crippen LogP contribution >= 0.6 is 11.6 Å². The Kier molecular flexibility index (Phi) is 11.1. The van der Waals surface area contributed by atoms with Gasteiger partial charge in [-0.3, -0.25) is 19.2 Å². The lowest BCUT2D eigenvalue weighted by atomic mass is 9.99. The van der Waals surface area contributed by atoms with Crippen LogP contribution in [0.25, 0.3) is 0 Å². The normalized spacial score (nSPS) is 14.4. The fourth-order valence-corrected chi connectivity index (χ4v) is 4.24. The fraction of sp³-hybridized carbons (Fsp3) is 0.429. The molecule has 0 saturated heterocycles. The number of benzene rings is 2. The summed E-state index contributed by atoms with van der Waals surface area (Å²) >= 11 is 4.64. The van der Waals surface area contributed by atoms with Gasteiger partial charge in [0.05, 0.1) is 0 Å². The molecule has 0 spiro atoms. The predicted octanol–water partition coefficient (Wildman–Crippen LogP) is 4.24. The zero-order chi connectivity index (χ0) is 26.0. The van der Waals surface area contributed by atoms with Crippen molar-refractivity contribution in [3.63, 3.8) is 0 Å². The summed E-state index contributed by atoms with van der Waals surface area (Å²) in [6.45, 7) is 9.40. The Labute approximate surface area is 213 Å². The molecule has 0 atom stereocenters. The summed E-state index contributed by atoms with van der Waals surface area (Å²) in [7, 11) is 0. The Morgan fingerprint density at radius 2 is 1.00 bits per heavy atom. The van der Waals surface area contributed by atoms with Gasteiger partial charge in [0.15, 0.2) is 5.78 Å². The van der Waals surface area contributed by atoms with Crippen molar-refractivity contribution in [2.24, 2.45) is 0 Å². The largest absolute Gasteiger partial charge is 0.342 e. The highest BCUT2D eigenvalue weighted by Crippen LogP contribution is 2.18. The first kappa shape index (κ1) is 28.2. The number of nitrogens with zero attached hydrogens (tertiary/aromatic N) is 2. The van der Waals surface area contributed by atoms with Gasteiger partial charge in [-0.05, 0) is 72.5 Å². The third-order valence-corrected chi connectivity index (χ3v) is 6.23. The van der Waals surface area contributed by atoms with Gasteiger partial charge < -0.3 is 9.80 Å². The lowest BCUT2D eigenvalue weighted by molar-refractivity contribution is -0.129. The van der Waals surface area contributed by atoms with Crippen molar-refractivity contribution in [1.82, 2.24) is 9.80 Å². The first-order valence-corrected chi connectivity index (χ1v) is 12.3. The van der Waals surface area contributed by atoms with Gasteiger partial charge in [-0.1, -0.05) is 36.4 Å². The molecule has 0 saturated carbocycles. The molecule has 2 aliphatic heterocycles. The van der Waals surface area contributed by atoms with Crippen molar-refractivity contribution in [3.05, 3.63) is 70.3 Å². The van der Waals surface area contributed by atoms with Gasteiger partial charge in [-0.2, -0.15) is 0 Å². The highest BCUT2D eigenvalue weighted by atomic mass is 35.5. The number of carbonyl (C=O) groups excluding carboxylic acids is 4. The Balaban J connectivity index is 0.000000217. The van der Waals surface area contributed by atoms with Gasteiger partial charge in [0, 0.05) is 52.5 Å². The molecule has 2 amide bonds. The van der Waals surface area contributed by atoms with E-state index in [1.165, 1.54) is 29.2 Å². The van der Waals surface area contributed by atoms with Crippen molar-refractivity contribution in [2.45, 2.75) is 53.4 Å². The van der Waals surface area contributed by atoms with Crippen LogP contribution in [-0.4, -0.2) is 58.8 Å². The molecule has 0 N–H and O–H groups in total. The van der Waals surface area contributed by atoms with E-state index < -0.39 is 0 Å². The molecular formula is C28H35ClN2O4. The quantitative estimate of drug-likeness (QED) is 0.435. The molecule has 0 bridgehead atoms. The molecule has 0 radical (unpaired) electrons. The van der Waals surface area contributed by atoms with Crippen LogP contribution in [0.4, 0.5) is 0 Å². The fourth-order valence-electron chi connectivity index (χ4n) is 4.24. The molecule has 2 heterocycles. The van der Waals surface area contributed by atoms with E-state index in [9.17, 15) is 19.2 Å². The van der Waals surface area contributed by atoms with Crippen LogP contribution in [0, 0.1) is 0 Å². The summed E-state index contributed by atoms with van der Waals surface area (Å²) in [5.74, 6) is 0.419. The zero-order valence-electron chi connectivity index (χ0n) is 21.1. The number of ketones is 1. The topological polar surface area (TPSA) is 74.8 Å². The van der Waals surface area contributed by atoms with E-state index in [2.05, 4.69) is 35.9 Å². The van der Waals surface area contributed by atoms with Crippen LogP contribution in [0.2, 0.25) is 0 Å². The standard InChI is InChI=1S/C14H17NO2.C12H15NO.C2H3ClO/c1-10(16)13-4-3-12-5-7-15(11(2)17)8-6-14(12)9-13;1-10(14)13-8-6-11-4-2-3-5-12(11)7-9-13;1-2(3)4/h3-4,9H,5-8H2,1-2H3;2-5H,6-9H2,1H3;1H3. The number of rotatable bonds is 1. The molecule has 6 nitrogen and oxygen atoms in total. The monoisotopic (exact) mass is 498 g/mol. The SMILES string of the molecule is CC(=O)Cl.CC(=O)N1CCc2ccccc2CC1.CC(=O)c1ccc2c(c1)CCN(C(C)=O)CC2. The molecule has 0 aliphatic carbocycles. The summed E-state index contributed by atoms with van der Waals surface area (Å²) in [6.07, 6.45) is 3.72. The third kappa shape index (κ3) is 9.29. The Hall–Kier alpha value is -2.99. The Morgan fingerprint density at radius 3 is 1.37 bits per heavy atom. The minimum atomic E-state index is -0.361. The van der Waals surface area contributed by atoms with Crippen LogP contribution in [0.15, 0.2) is 42.5 Å². The maximum Gasteiger partial charge on any atom is 0.219 e. The molecule has 188 valence electrons. The first-order chi connectivity index (χ1) is 16.6. The minimum absolute atomic E-state index is 0.0977. The van der Waals surface area contributed by atoms with Gasteiger partial charge in [0.1, 0.15) is 0 Å². The van der Waals surface area contributed by atoms with Gasteiger partial charge in [0.25, 0.3) is 0 Å². The summed E-state index contributed by atoms with van der Waals surface area (Å²) in [5.41, 5.74) is 6.03. The Morgan fingerprint density at radius 1 is 0.629 bits per heavy atom. The second kappa shape index (κ2) is 13.8. The Bertz CT molecular complexity index is 1040. The van der Waals surface area contributed by atoms with Gasteiger partial charge in [0.2, 0.25) is 17.1 Å². The van der Waals surface area contributed by atoms with E-state index in [4.69, 9.17) is 0 Å². The number of carbonyl (C=O) groups is 4. The van der Waals surface area contributed by atoms with Gasteiger partial charge in [-0.15, -0.1) is 0 Å². The van der Waals surface area contributed by atoms with Crippen LogP contribution in [0.1, 0.15) is 60.3 Å². The van der Waals surface area contributed by atoms with Crippen LogP contribution < -0.4 is 0 Å². The number of Topliss-reactive ketones (excluding diaryl/α,β-unsaturated/α-hetero) is 1.